The first kappa shape index (κ1) is 21.2. The summed E-state index contributed by atoms with van der Waals surface area (Å²) in [6.45, 7) is 7.60. The lowest BCUT2D eigenvalue weighted by Gasteiger charge is -2.19. The number of para-hydroxylation sites is 2. The van der Waals surface area contributed by atoms with Gasteiger partial charge in [0.1, 0.15) is 22.8 Å². The molecule has 1 amide bonds. The van der Waals surface area contributed by atoms with Gasteiger partial charge in [0.05, 0.1) is 12.3 Å². The Morgan fingerprint density at radius 2 is 1.63 bits per heavy atom. The first-order valence-corrected chi connectivity index (χ1v) is 9.77. The van der Waals surface area contributed by atoms with E-state index in [4.69, 9.17) is 13.9 Å². The number of benzene rings is 2. The molecule has 0 aliphatic heterocycles. The van der Waals surface area contributed by atoms with Gasteiger partial charge in [0.15, 0.2) is 0 Å². The van der Waals surface area contributed by atoms with Crippen molar-refractivity contribution in [2.24, 2.45) is 0 Å². The van der Waals surface area contributed by atoms with Crippen molar-refractivity contribution < 1.29 is 23.5 Å². The molecule has 30 heavy (non-hydrogen) atoms. The minimum absolute atomic E-state index is 0.343. The molecular weight excluding hydrogens is 382 g/mol. The highest BCUT2D eigenvalue weighted by atomic mass is 16.5. The topological polar surface area (TPSA) is 77.8 Å². The van der Waals surface area contributed by atoms with Crippen LogP contribution in [0.15, 0.2) is 59.0 Å². The van der Waals surface area contributed by atoms with E-state index in [9.17, 15) is 9.59 Å². The zero-order valence-electron chi connectivity index (χ0n) is 17.5. The van der Waals surface area contributed by atoms with Gasteiger partial charge in [-0.2, -0.15) is 0 Å². The van der Waals surface area contributed by atoms with E-state index in [2.05, 4.69) is 5.32 Å². The first-order valence-electron chi connectivity index (χ1n) is 9.77. The van der Waals surface area contributed by atoms with Gasteiger partial charge < -0.3 is 19.2 Å². The smallest absolute Gasteiger partial charge is 0.343 e. The summed E-state index contributed by atoms with van der Waals surface area (Å²) in [7, 11) is 0. The molecule has 0 saturated heterocycles. The van der Waals surface area contributed by atoms with Crippen molar-refractivity contribution in [1.29, 1.82) is 0 Å². The van der Waals surface area contributed by atoms with E-state index in [1.165, 1.54) is 0 Å². The second kappa shape index (κ2) is 9.31. The molecule has 0 fully saturated rings. The lowest BCUT2D eigenvalue weighted by molar-refractivity contribution is -0.125. The third-order valence-electron chi connectivity index (χ3n) is 4.78. The number of carbonyl (C=O) groups is 2. The molecule has 0 spiro atoms. The lowest BCUT2D eigenvalue weighted by Crippen LogP contribution is -2.26. The number of anilines is 1. The highest BCUT2D eigenvalue weighted by Crippen LogP contribution is 2.29. The molecule has 6 nitrogen and oxygen atoms in total. The Hall–Kier alpha value is -3.54. The van der Waals surface area contributed by atoms with Crippen LogP contribution in [-0.2, 0) is 9.53 Å². The molecule has 1 atom stereocenters. The number of hydrogen-bond donors (Lipinski definition) is 1. The van der Waals surface area contributed by atoms with Crippen LogP contribution in [0.1, 0.15) is 46.0 Å². The standard InChI is InChI=1S/C24H25NO5/c1-5-28-20-14-10-9-13-19(20)25-23(26)22(18-11-7-6-8-12-18)30-24(27)21-15(2)16(3)29-17(21)4/h6-14,22H,5H2,1-4H3,(H,25,26). The van der Waals surface area contributed by atoms with E-state index >= 15 is 0 Å². The van der Waals surface area contributed by atoms with Crippen LogP contribution >= 0.6 is 0 Å². The molecule has 0 aliphatic carbocycles. The maximum absolute atomic E-state index is 13.1. The summed E-state index contributed by atoms with van der Waals surface area (Å²) in [6, 6.07) is 16.0. The molecular formula is C24H25NO5. The Labute approximate surface area is 175 Å². The number of amides is 1. The Balaban J connectivity index is 1.90. The summed E-state index contributed by atoms with van der Waals surface area (Å²) in [4.78, 5) is 26.1. The van der Waals surface area contributed by atoms with Gasteiger partial charge in [0.25, 0.3) is 5.91 Å². The molecule has 0 saturated carbocycles. The summed E-state index contributed by atoms with van der Waals surface area (Å²) in [6.07, 6.45) is -1.14. The Bertz CT molecular complexity index is 1040. The number of nitrogens with one attached hydrogen (secondary N) is 1. The van der Waals surface area contributed by atoms with Gasteiger partial charge >= 0.3 is 5.97 Å². The van der Waals surface area contributed by atoms with Gasteiger partial charge in [-0.1, -0.05) is 42.5 Å². The highest BCUT2D eigenvalue weighted by Gasteiger charge is 2.29. The molecule has 2 aromatic carbocycles. The van der Waals surface area contributed by atoms with Gasteiger partial charge in [-0.05, 0) is 39.8 Å². The zero-order chi connectivity index (χ0) is 21.7. The summed E-state index contributed by atoms with van der Waals surface area (Å²) in [5, 5.41) is 2.82. The van der Waals surface area contributed by atoms with Gasteiger partial charge in [0, 0.05) is 11.1 Å². The summed E-state index contributed by atoms with van der Waals surface area (Å²) < 4.78 is 16.8. The Morgan fingerprint density at radius 3 is 2.27 bits per heavy atom. The molecule has 3 rings (SSSR count). The van der Waals surface area contributed by atoms with Gasteiger partial charge in [-0.15, -0.1) is 0 Å². The minimum atomic E-state index is -1.14. The normalized spacial score (nSPS) is 11.6. The molecule has 1 heterocycles. The van der Waals surface area contributed by atoms with E-state index in [-0.39, 0.29) is 0 Å². The number of rotatable bonds is 7. The molecule has 0 bridgehead atoms. The van der Waals surface area contributed by atoms with E-state index in [1.807, 2.05) is 19.1 Å². The molecule has 156 valence electrons. The van der Waals surface area contributed by atoms with Crippen molar-refractivity contribution in [1.82, 2.24) is 0 Å². The minimum Gasteiger partial charge on any atom is -0.492 e. The Kier molecular flexibility index (Phi) is 6.57. The number of aryl methyl sites for hydroxylation is 2. The van der Waals surface area contributed by atoms with Crippen molar-refractivity contribution in [2.75, 3.05) is 11.9 Å². The summed E-state index contributed by atoms with van der Waals surface area (Å²) in [5.74, 6) is 0.569. The molecule has 0 radical (unpaired) electrons. The van der Waals surface area contributed by atoms with Crippen LogP contribution in [0.4, 0.5) is 5.69 Å². The zero-order valence-corrected chi connectivity index (χ0v) is 17.5. The van der Waals surface area contributed by atoms with Crippen LogP contribution in [0.3, 0.4) is 0 Å². The average Bonchev–Trinajstić information content (AvgIpc) is 2.99. The second-order valence-electron chi connectivity index (χ2n) is 6.83. The van der Waals surface area contributed by atoms with Crippen molar-refractivity contribution in [2.45, 2.75) is 33.8 Å². The van der Waals surface area contributed by atoms with E-state index < -0.39 is 18.0 Å². The second-order valence-corrected chi connectivity index (χ2v) is 6.83. The fraction of sp³-hybridized carbons (Fsp3) is 0.250. The molecule has 1 N–H and O–H groups in total. The van der Waals surface area contributed by atoms with Crippen LogP contribution in [-0.4, -0.2) is 18.5 Å². The third-order valence-corrected chi connectivity index (χ3v) is 4.78. The molecule has 0 aliphatic rings. The Morgan fingerprint density at radius 1 is 0.967 bits per heavy atom. The fourth-order valence-corrected chi connectivity index (χ4v) is 3.21. The van der Waals surface area contributed by atoms with Crippen molar-refractivity contribution in [3.8, 4) is 5.75 Å². The number of carbonyl (C=O) groups excluding carboxylic acids is 2. The van der Waals surface area contributed by atoms with Crippen molar-refractivity contribution in [3.63, 3.8) is 0 Å². The van der Waals surface area contributed by atoms with Gasteiger partial charge in [-0.3, -0.25) is 4.79 Å². The van der Waals surface area contributed by atoms with Crippen LogP contribution in [0.2, 0.25) is 0 Å². The number of esters is 1. The number of furan rings is 1. The summed E-state index contributed by atoms with van der Waals surface area (Å²) >= 11 is 0. The van der Waals surface area contributed by atoms with Gasteiger partial charge in [0.2, 0.25) is 6.10 Å². The van der Waals surface area contributed by atoms with E-state index in [0.29, 0.717) is 46.3 Å². The largest absolute Gasteiger partial charge is 0.492 e. The first-order chi connectivity index (χ1) is 14.4. The summed E-state index contributed by atoms with van der Waals surface area (Å²) in [5.41, 5.74) is 2.11. The van der Waals surface area contributed by atoms with Crippen LogP contribution in [0.5, 0.6) is 5.75 Å². The van der Waals surface area contributed by atoms with E-state index in [1.54, 1.807) is 63.2 Å². The monoisotopic (exact) mass is 407 g/mol. The molecule has 6 heteroatoms. The quantitative estimate of drug-likeness (QED) is 0.549. The van der Waals surface area contributed by atoms with E-state index in [0.717, 1.165) is 0 Å². The average molecular weight is 407 g/mol. The predicted molar refractivity (Wildman–Crippen MR) is 114 cm³/mol. The predicted octanol–water partition coefficient (Wildman–Crippen LogP) is 5.14. The van der Waals surface area contributed by atoms with Crippen molar-refractivity contribution in [3.05, 3.63) is 82.8 Å². The maximum Gasteiger partial charge on any atom is 0.343 e. The highest BCUT2D eigenvalue weighted by molar-refractivity contribution is 5.99. The molecule has 1 unspecified atom stereocenters. The third kappa shape index (κ3) is 4.54. The maximum atomic E-state index is 13.1. The number of ether oxygens (including phenoxy) is 2. The van der Waals surface area contributed by atoms with Crippen LogP contribution in [0.25, 0.3) is 0 Å². The van der Waals surface area contributed by atoms with Gasteiger partial charge in [-0.25, -0.2) is 4.79 Å². The van der Waals surface area contributed by atoms with Crippen LogP contribution < -0.4 is 10.1 Å². The lowest BCUT2D eigenvalue weighted by atomic mass is 10.1. The van der Waals surface area contributed by atoms with Crippen molar-refractivity contribution >= 4 is 17.6 Å². The van der Waals surface area contributed by atoms with Crippen LogP contribution in [0, 0.1) is 20.8 Å². The SMILES string of the molecule is CCOc1ccccc1NC(=O)C(OC(=O)c1c(C)oc(C)c1C)c1ccccc1. The number of hydrogen-bond acceptors (Lipinski definition) is 5. The molecule has 1 aromatic heterocycles. The fourth-order valence-electron chi connectivity index (χ4n) is 3.21. The molecule has 3 aromatic rings.